The lowest BCUT2D eigenvalue weighted by atomic mass is 9.85. The van der Waals surface area contributed by atoms with Crippen LogP contribution in [0.3, 0.4) is 0 Å². The van der Waals surface area contributed by atoms with Crippen molar-refractivity contribution in [2.24, 2.45) is 5.41 Å². The Morgan fingerprint density at radius 1 is 1.23 bits per heavy atom. The van der Waals surface area contributed by atoms with Crippen LogP contribution in [0, 0.1) is 5.41 Å². The number of H-pyrrole nitrogens is 1. The topological polar surface area (TPSA) is 91.0 Å². The first-order valence-electron chi connectivity index (χ1n) is 10.9. The number of anilines is 1. The Balaban J connectivity index is 1.43. The molecule has 3 heterocycles. The van der Waals surface area contributed by atoms with Crippen LogP contribution in [0.15, 0.2) is 36.7 Å². The number of fused-ring (bicyclic) bond motifs is 2. The van der Waals surface area contributed by atoms with Gasteiger partial charge in [0.1, 0.15) is 11.6 Å². The zero-order chi connectivity index (χ0) is 21.8. The first-order valence-corrected chi connectivity index (χ1v) is 10.9. The number of para-hydroxylation sites is 1. The number of carbonyl (C=O) groups is 2. The summed E-state index contributed by atoms with van der Waals surface area (Å²) in [4.78, 5) is 40.8. The average Bonchev–Trinajstić information content (AvgIpc) is 3.36. The van der Waals surface area contributed by atoms with Crippen molar-refractivity contribution in [3.63, 3.8) is 0 Å². The van der Waals surface area contributed by atoms with Crippen molar-refractivity contribution in [1.29, 1.82) is 0 Å². The summed E-state index contributed by atoms with van der Waals surface area (Å²) in [5.41, 5.74) is 4.14. The number of nitrogens with one attached hydrogen (secondary N) is 2. The third kappa shape index (κ3) is 3.58. The molecule has 0 spiro atoms. The molecule has 1 fully saturated rings. The molecule has 0 bridgehead atoms. The highest BCUT2D eigenvalue weighted by Crippen LogP contribution is 2.39. The van der Waals surface area contributed by atoms with E-state index in [1.807, 2.05) is 39.0 Å². The van der Waals surface area contributed by atoms with E-state index in [0.29, 0.717) is 29.2 Å². The lowest BCUT2D eigenvalue weighted by Gasteiger charge is -2.33. The van der Waals surface area contributed by atoms with Gasteiger partial charge in [-0.05, 0) is 36.3 Å². The van der Waals surface area contributed by atoms with Gasteiger partial charge in [0, 0.05) is 24.3 Å². The van der Waals surface area contributed by atoms with Crippen molar-refractivity contribution < 1.29 is 9.59 Å². The molecule has 7 heteroatoms. The summed E-state index contributed by atoms with van der Waals surface area (Å²) in [5.74, 6) is 0.0477. The van der Waals surface area contributed by atoms with E-state index in [2.05, 4.69) is 26.3 Å². The van der Waals surface area contributed by atoms with E-state index in [0.717, 1.165) is 36.2 Å². The van der Waals surface area contributed by atoms with Gasteiger partial charge >= 0.3 is 0 Å². The Bertz CT molecular complexity index is 1170. The molecule has 3 aromatic rings. The maximum absolute atomic E-state index is 13.6. The zero-order valence-electron chi connectivity index (χ0n) is 18.1. The predicted octanol–water partition coefficient (Wildman–Crippen LogP) is 3.57. The number of hydrogen-bond donors (Lipinski definition) is 2. The van der Waals surface area contributed by atoms with Gasteiger partial charge in [0.15, 0.2) is 5.65 Å². The highest BCUT2D eigenvalue weighted by molar-refractivity contribution is 6.08. The summed E-state index contributed by atoms with van der Waals surface area (Å²) in [6.07, 6.45) is 6.47. The number of hydrogen-bond acceptors (Lipinski definition) is 4. The molecule has 5 rings (SSSR count). The van der Waals surface area contributed by atoms with Gasteiger partial charge in [-0.15, -0.1) is 0 Å². The molecule has 2 aliphatic rings. The quantitative estimate of drug-likeness (QED) is 0.679. The van der Waals surface area contributed by atoms with Gasteiger partial charge in [0.25, 0.3) is 5.91 Å². The Labute approximate surface area is 181 Å². The highest BCUT2D eigenvalue weighted by atomic mass is 16.2. The second-order valence-corrected chi connectivity index (χ2v) is 9.61. The molecular weight excluding hydrogens is 390 g/mol. The van der Waals surface area contributed by atoms with Gasteiger partial charge in [-0.3, -0.25) is 9.59 Å². The van der Waals surface area contributed by atoms with Gasteiger partial charge in [-0.2, -0.15) is 0 Å². The highest BCUT2D eigenvalue weighted by Gasteiger charge is 2.38. The largest absolute Gasteiger partial charge is 0.344 e. The molecule has 31 heavy (non-hydrogen) atoms. The summed E-state index contributed by atoms with van der Waals surface area (Å²) in [6.45, 7) is 6.54. The number of carbonyl (C=O) groups excluding carboxylic acids is 2. The van der Waals surface area contributed by atoms with Crippen LogP contribution < -0.4 is 10.2 Å². The first kappa shape index (κ1) is 19.7. The second-order valence-electron chi connectivity index (χ2n) is 9.61. The normalized spacial score (nSPS) is 16.9. The molecular formula is C24H27N5O2. The standard InChI is InChI=1S/C24H27N5O2/c1-24(2,3)20(23(31)29-11-10-15-6-4-5-7-18(15)29)28-22(30)16-12-25-21-19(16)27-17(13-26-21)14-8-9-14/h4-7,12-14,20H,8-11H2,1-3H3,(H,25,26)(H,28,30)/t20-/m0/s1. The van der Waals surface area contributed by atoms with Crippen LogP contribution in [-0.2, 0) is 11.2 Å². The molecule has 7 nitrogen and oxygen atoms in total. The number of aromatic nitrogens is 3. The number of aromatic amines is 1. The number of nitrogens with zero attached hydrogens (tertiary/aromatic N) is 3. The summed E-state index contributed by atoms with van der Waals surface area (Å²) in [7, 11) is 0. The van der Waals surface area contributed by atoms with Crippen LogP contribution in [0.5, 0.6) is 0 Å². The summed E-state index contributed by atoms with van der Waals surface area (Å²) in [6, 6.07) is 7.28. The smallest absolute Gasteiger partial charge is 0.255 e. The molecule has 0 saturated heterocycles. The van der Waals surface area contributed by atoms with Crippen LogP contribution >= 0.6 is 0 Å². The fourth-order valence-corrected chi connectivity index (χ4v) is 4.23. The lowest BCUT2D eigenvalue weighted by Crippen LogP contribution is -2.54. The van der Waals surface area contributed by atoms with E-state index in [1.54, 1.807) is 17.3 Å². The third-order valence-corrected chi connectivity index (χ3v) is 6.18. The van der Waals surface area contributed by atoms with Gasteiger partial charge < -0.3 is 15.2 Å². The van der Waals surface area contributed by atoms with Crippen molar-refractivity contribution in [2.75, 3.05) is 11.4 Å². The molecule has 2 amide bonds. The second kappa shape index (κ2) is 7.18. The SMILES string of the molecule is CC(C)(C)[C@@H](NC(=O)c1c[nH]c2ncc(C3CC3)nc12)C(=O)N1CCc2ccccc21. The Hall–Kier alpha value is -3.22. The monoisotopic (exact) mass is 417 g/mol. The maximum atomic E-state index is 13.6. The van der Waals surface area contributed by atoms with Crippen LogP contribution in [0.1, 0.15) is 61.1 Å². The van der Waals surface area contributed by atoms with Crippen LogP contribution in [0.2, 0.25) is 0 Å². The van der Waals surface area contributed by atoms with Crippen molar-refractivity contribution in [2.45, 2.75) is 52.0 Å². The molecule has 2 N–H and O–H groups in total. The maximum Gasteiger partial charge on any atom is 0.255 e. The van der Waals surface area contributed by atoms with E-state index >= 15 is 0 Å². The van der Waals surface area contributed by atoms with E-state index < -0.39 is 11.5 Å². The fourth-order valence-electron chi connectivity index (χ4n) is 4.23. The van der Waals surface area contributed by atoms with Gasteiger partial charge in [0.2, 0.25) is 5.91 Å². The van der Waals surface area contributed by atoms with Crippen LogP contribution in [0.4, 0.5) is 5.69 Å². The molecule has 1 atom stereocenters. The molecule has 1 aliphatic heterocycles. The van der Waals surface area contributed by atoms with Crippen molar-refractivity contribution in [3.05, 3.63) is 53.5 Å². The molecule has 0 unspecified atom stereocenters. The van der Waals surface area contributed by atoms with E-state index in [9.17, 15) is 9.59 Å². The molecule has 1 saturated carbocycles. The van der Waals surface area contributed by atoms with Crippen molar-refractivity contribution in [3.8, 4) is 0 Å². The Morgan fingerprint density at radius 2 is 2.00 bits per heavy atom. The summed E-state index contributed by atoms with van der Waals surface area (Å²) < 4.78 is 0. The average molecular weight is 418 g/mol. The Morgan fingerprint density at radius 3 is 2.74 bits per heavy atom. The Kier molecular flexibility index (Phi) is 4.57. The van der Waals surface area contributed by atoms with Crippen molar-refractivity contribution in [1.82, 2.24) is 20.3 Å². The minimum Gasteiger partial charge on any atom is -0.344 e. The van der Waals surface area contributed by atoms with Gasteiger partial charge in [-0.1, -0.05) is 39.0 Å². The van der Waals surface area contributed by atoms with Gasteiger partial charge in [0.05, 0.1) is 17.5 Å². The van der Waals surface area contributed by atoms with E-state index in [4.69, 9.17) is 0 Å². The van der Waals surface area contributed by atoms with Crippen molar-refractivity contribution >= 4 is 28.7 Å². The third-order valence-electron chi connectivity index (χ3n) is 6.18. The molecule has 1 aliphatic carbocycles. The lowest BCUT2D eigenvalue weighted by molar-refractivity contribution is -0.122. The molecule has 160 valence electrons. The molecule has 2 aromatic heterocycles. The molecule has 1 aromatic carbocycles. The fraction of sp³-hybridized carbons (Fsp3) is 0.417. The summed E-state index contributed by atoms with van der Waals surface area (Å²) in [5, 5.41) is 3.01. The van der Waals surface area contributed by atoms with Gasteiger partial charge in [-0.25, -0.2) is 9.97 Å². The van der Waals surface area contributed by atoms with Crippen LogP contribution in [-0.4, -0.2) is 39.4 Å². The number of benzene rings is 1. The predicted molar refractivity (Wildman–Crippen MR) is 119 cm³/mol. The van der Waals surface area contributed by atoms with Crippen LogP contribution in [0.25, 0.3) is 11.2 Å². The summed E-state index contributed by atoms with van der Waals surface area (Å²) >= 11 is 0. The van der Waals surface area contributed by atoms with E-state index in [1.165, 1.54) is 0 Å². The minimum absolute atomic E-state index is 0.0876. The zero-order valence-corrected chi connectivity index (χ0v) is 18.1. The first-order chi connectivity index (χ1) is 14.8. The van der Waals surface area contributed by atoms with E-state index in [-0.39, 0.29) is 11.8 Å². The number of amides is 2. The minimum atomic E-state index is -0.671. The number of rotatable bonds is 4. The molecule has 0 radical (unpaired) electrons.